The van der Waals surface area contributed by atoms with Crippen LogP contribution in [0.4, 0.5) is 0 Å². The molecule has 2 unspecified atom stereocenters. The van der Waals surface area contributed by atoms with Crippen LogP contribution in [0.15, 0.2) is 0 Å². The van der Waals surface area contributed by atoms with E-state index in [1.54, 1.807) is 0 Å². The summed E-state index contributed by atoms with van der Waals surface area (Å²) in [6, 6.07) is -0.189. The molecular formula is C11H21ClN2O3S. The maximum absolute atomic E-state index is 12.1. The molecule has 5 nitrogen and oxygen atoms in total. The number of sulfone groups is 1. The molecule has 0 bridgehead atoms. The first-order valence-corrected chi connectivity index (χ1v) is 7.96. The van der Waals surface area contributed by atoms with Crippen molar-refractivity contribution < 1.29 is 13.2 Å². The largest absolute Gasteiger partial charge is 0.352 e. The van der Waals surface area contributed by atoms with E-state index in [-0.39, 0.29) is 41.3 Å². The minimum Gasteiger partial charge on any atom is -0.352 e. The van der Waals surface area contributed by atoms with Crippen molar-refractivity contribution in [3.8, 4) is 0 Å². The molecule has 2 rings (SSSR count). The number of amides is 1. The number of nitrogens with one attached hydrogen (secondary N) is 2. The highest BCUT2D eigenvalue weighted by molar-refractivity contribution is 7.91. The van der Waals surface area contributed by atoms with Crippen molar-refractivity contribution in [3.05, 3.63) is 0 Å². The fraction of sp³-hybridized carbons (Fsp3) is 0.909. The van der Waals surface area contributed by atoms with Gasteiger partial charge in [0.1, 0.15) is 0 Å². The van der Waals surface area contributed by atoms with Crippen molar-refractivity contribution in [2.24, 2.45) is 5.41 Å². The van der Waals surface area contributed by atoms with Crippen LogP contribution in [0, 0.1) is 5.41 Å². The molecule has 2 saturated heterocycles. The Kier molecular flexibility index (Phi) is 5.03. The summed E-state index contributed by atoms with van der Waals surface area (Å²) < 4.78 is 22.6. The van der Waals surface area contributed by atoms with Gasteiger partial charge in [-0.15, -0.1) is 12.4 Å². The van der Waals surface area contributed by atoms with E-state index in [0.717, 1.165) is 19.4 Å². The van der Waals surface area contributed by atoms with E-state index in [9.17, 15) is 13.2 Å². The lowest BCUT2D eigenvalue weighted by Gasteiger charge is -2.33. The zero-order valence-corrected chi connectivity index (χ0v) is 12.2. The molecular weight excluding hydrogens is 276 g/mol. The third-order valence-corrected chi connectivity index (χ3v) is 5.48. The number of piperidine rings is 1. The molecule has 0 spiro atoms. The van der Waals surface area contributed by atoms with Crippen LogP contribution in [0.2, 0.25) is 0 Å². The Labute approximate surface area is 114 Å². The molecule has 2 heterocycles. The van der Waals surface area contributed by atoms with E-state index < -0.39 is 9.84 Å². The molecule has 2 atom stereocenters. The van der Waals surface area contributed by atoms with Crippen LogP contribution in [0.25, 0.3) is 0 Å². The van der Waals surface area contributed by atoms with Gasteiger partial charge in [0.25, 0.3) is 0 Å². The summed E-state index contributed by atoms with van der Waals surface area (Å²) in [6.07, 6.45) is 2.41. The Bertz CT molecular complexity index is 405. The minimum atomic E-state index is -2.92. The molecule has 18 heavy (non-hydrogen) atoms. The Morgan fingerprint density at radius 2 is 2.17 bits per heavy atom. The van der Waals surface area contributed by atoms with Crippen LogP contribution in [-0.4, -0.2) is 45.0 Å². The summed E-state index contributed by atoms with van der Waals surface area (Å²) in [7, 11) is -2.92. The monoisotopic (exact) mass is 296 g/mol. The summed E-state index contributed by atoms with van der Waals surface area (Å²) in [5, 5.41) is 6.10. The van der Waals surface area contributed by atoms with Crippen LogP contribution in [0.5, 0.6) is 0 Å². The molecule has 2 N–H and O–H groups in total. The van der Waals surface area contributed by atoms with Gasteiger partial charge < -0.3 is 10.6 Å². The van der Waals surface area contributed by atoms with Crippen LogP contribution in [0.3, 0.4) is 0 Å². The maximum Gasteiger partial charge on any atom is 0.227 e. The minimum absolute atomic E-state index is 0. The third kappa shape index (κ3) is 3.59. The van der Waals surface area contributed by atoms with E-state index >= 15 is 0 Å². The number of hydrogen-bond acceptors (Lipinski definition) is 4. The van der Waals surface area contributed by atoms with E-state index in [1.165, 1.54) is 0 Å². The lowest BCUT2D eigenvalue weighted by molar-refractivity contribution is -0.131. The maximum atomic E-state index is 12.1. The topological polar surface area (TPSA) is 75.3 Å². The summed E-state index contributed by atoms with van der Waals surface area (Å²) >= 11 is 0. The first kappa shape index (κ1) is 15.7. The number of rotatable bonds is 2. The van der Waals surface area contributed by atoms with Crippen molar-refractivity contribution in [2.45, 2.75) is 32.2 Å². The van der Waals surface area contributed by atoms with E-state index in [0.29, 0.717) is 13.0 Å². The Balaban J connectivity index is 0.00000162. The zero-order valence-electron chi connectivity index (χ0n) is 10.6. The number of hydrogen-bond donors (Lipinski definition) is 2. The van der Waals surface area contributed by atoms with Crippen molar-refractivity contribution >= 4 is 28.2 Å². The fourth-order valence-corrected chi connectivity index (χ4v) is 4.19. The molecule has 106 valence electrons. The van der Waals surface area contributed by atoms with Crippen LogP contribution in [-0.2, 0) is 14.6 Å². The van der Waals surface area contributed by atoms with Gasteiger partial charge in [0.15, 0.2) is 9.84 Å². The lowest BCUT2D eigenvalue weighted by atomic mass is 9.81. The molecule has 1 amide bonds. The summed E-state index contributed by atoms with van der Waals surface area (Å²) in [5.41, 5.74) is -0.384. The van der Waals surface area contributed by atoms with Crippen molar-refractivity contribution in [2.75, 3.05) is 24.6 Å². The standard InChI is InChI=1S/C11H20N2O3S.ClH/c1-11(4-2-5-12-8-11)10(14)13-9-3-6-17(15,16)7-9;/h9,12H,2-8H2,1H3,(H,13,14);1H. The Morgan fingerprint density at radius 3 is 2.67 bits per heavy atom. The van der Waals surface area contributed by atoms with Gasteiger partial charge in [-0.25, -0.2) is 8.42 Å². The molecule has 0 aromatic carbocycles. The molecule has 7 heteroatoms. The average Bonchev–Trinajstić information content (AvgIpc) is 2.59. The molecule has 0 aromatic heterocycles. The summed E-state index contributed by atoms with van der Waals surface area (Å²) in [4.78, 5) is 12.1. The quantitative estimate of drug-likeness (QED) is 0.758. The highest BCUT2D eigenvalue weighted by atomic mass is 35.5. The highest BCUT2D eigenvalue weighted by Gasteiger charge is 2.37. The van der Waals surface area contributed by atoms with Crippen molar-refractivity contribution in [1.82, 2.24) is 10.6 Å². The van der Waals surface area contributed by atoms with E-state index in [2.05, 4.69) is 10.6 Å². The molecule has 2 aliphatic heterocycles. The first-order chi connectivity index (χ1) is 7.91. The Hall–Kier alpha value is -0.330. The van der Waals surface area contributed by atoms with Crippen LogP contribution < -0.4 is 10.6 Å². The van der Waals surface area contributed by atoms with Gasteiger partial charge >= 0.3 is 0 Å². The van der Waals surface area contributed by atoms with Gasteiger partial charge in [0.2, 0.25) is 5.91 Å². The second kappa shape index (κ2) is 5.75. The lowest BCUT2D eigenvalue weighted by Crippen LogP contribution is -2.51. The van der Waals surface area contributed by atoms with Gasteiger partial charge in [-0.05, 0) is 32.7 Å². The molecule has 0 aromatic rings. The van der Waals surface area contributed by atoms with Crippen molar-refractivity contribution in [3.63, 3.8) is 0 Å². The number of halogens is 1. The second-order valence-electron chi connectivity index (χ2n) is 5.41. The predicted octanol–water partition coefficient (Wildman–Crippen LogP) is 0.101. The third-order valence-electron chi connectivity index (χ3n) is 3.71. The highest BCUT2D eigenvalue weighted by Crippen LogP contribution is 2.26. The summed E-state index contributed by atoms with van der Waals surface area (Å²) in [6.45, 7) is 3.58. The molecule has 2 aliphatic rings. The first-order valence-electron chi connectivity index (χ1n) is 6.13. The van der Waals surface area contributed by atoms with Crippen LogP contribution >= 0.6 is 12.4 Å². The number of carbonyl (C=O) groups excluding carboxylic acids is 1. The molecule has 2 fully saturated rings. The SMILES string of the molecule is CC1(C(=O)NC2CCS(=O)(=O)C2)CCCNC1.Cl. The molecule has 0 aliphatic carbocycles. The van der Waals surface area contributed by atoms with Gasteiger partial charge in [-0.1, -0.05) is 0 Å². The van der Waals surface area contributed by atoms with Crippen LogP contribution in [0.1, 0.15) is 26.2 Å². The van der Waals surface area contributed by atoms with Gasteiger partial charge in [-0.3, -0.25) is 4.79 Å². The van der Waals surface area contributed by atoms with E-state index in [1.807, 2.05) is 6.92 Å². The summed E-state index contributed by atoms with van der Waals surface area (Å²) in [5.74, 6) is 0.293. The average molecular weight is 297 g/mol. The fourth-order valence-electron chi connectivity index (χ4n) is 2.52. The van der Waals surface area contributed by atoms with Gasteiger partial charge in [0.05, 0.1) is 16.9 Å². The number of carbonyl (C=O) groups is 1. The predicted molar refractivity (Wildman–Crippen MR) is 72.7 cm³/mol. The normalized spacial score (nSPS) is 34.6. The second-order valence-corrected chi connectivity index (χ2v) is 7.64. The smallest absolute Gasteiger partial charge is 0.227 e. The van der Waals surface area contributed by atoms with E-state index in [4.69, 9.17) is 0 Å². The Morgan fingerprint density at radius 1 is 1.44 bits per heavy atom. The van der Waals surface area contributed by atoms with Gasteiger partial charge in [-0.2, -0.15) is 0 Å². The van der Waals surface area contributed by atoms with Gasteiger partial charge in [0, 0.05) is 12.6 Å². The zero-order chi connectivity index (χ0) is 12.5. The van der Waals surface area contributed by atoms with Crippen molar-refractivity contribution in [1.29, 1.82) is 0 Å². The molecule has 0 saturated carbocycles. The molecule has 0 radical (unpaired) electrons.